The van der Waals surface area contributed by atoms with Gasteiger partial charge in [-0.3, -0.25) is 9.59 Å². The van der Waals surface area contributed by atoms with Crippen LogP contribution >= 0.6 is 0 Å². The van der Waals surface area contributed by atoms with Gasteiger partial charge >= 0.3 is 0 Å². The van der Waals surface area contributed by atoms with Crippen molar-refractivity contribution in [2.45, 2.75) is 32.2 Å². The van der Waals surface area contributed by atoms with Crippen LogP contribution in [0.5, 0.6) is 0 Å². The minimum atomic E-state index is -0.550. The minimum absolute atomic E-state index is 0.0163. The Kier molecular flexibility index (Phi) is 4.14. The Labute approximate surface area is 111 Å². The van der Waals surface area contributed by atoms with Gasteiger partial charge in [-0.2, -0.15) is 0 Å². The number of hydrogen-bond acceptors (Lipinski definition) is 2. The normalized spacial score (nSPS) is 14.0. The summed E-state index contributed by atoms with van der Waals surface area (Å²) in [4.78, 5) is 23.1. The van der Waals surface area contributed by atoms with E-state index >= 15 is 0 Å². The molecule has 0 spiro atoms. The van der Waals surface area contributed by atoms with Crippen LogP contribution in [-0.4, -0.2) is 24.4 Å². The van der Waals surface area contributed by atoms with E-state index in [2.05, 4.69) is 10.6 Å². The predicted molar refractivity (Wildman–Crippen MR) is 69.3 cm³/mol. The number of hydrogen-bond donors (Lipinski definition) is 2. The molecule has 4 nitrogen and oxygen atoms in total. The summed E-state index contributed by atoms with van der Waals surface area (Å²) in [5, 5.41) is 5.38. The number of halogens is 1. The fourth-order valence-corrected chi connectivity index (χ4v) is 1.73. The maximum atomic E-state index is 13.4. The number of aryl methyl sites for hydroxylation is 1. The summed E-state index contributed by atoms with van der Waals surface area (Å²) in [6.07, 6.45) is 2.29. The lowest BCUT2D eigenvalue weighted by atomic mass is 10.1. The van der Waals surface area contributed by atoms with E-state index in [-0.39, 0.29) is 24.4 Å². The van der Waals surface area contributed by atoms with Gasteiger partial charge in [-0.1, -0.05) is 11.6 Å². The number of carbonyl (C=O) groups excluding carboxylic acids is 2. The van der Waals surface area contributed by atoms with Crippen LogP contribution in [0.4, 0.5) is 4.39 Å². The molecule has 0 saturated heterocycles. The predicted octanol–water partition coefficient (Wildman–Crippen LogP) is 1.53. The Hall–Kier alpha value is -1.91. The van der Waals surface area contributed by atoms with Gasteiger partial charge in [0, 0.05) is 19.0 Å². The number of nitrogens with one attached hydrogen (secondary N) is 2. The quantitative estimate of drug-likeness (QED) is 0.847. The molecule has 102 valence electrons. The minimum Gasteiger partial charge on any atom is -0.353 e. The number of benzene rings is 1. The highest BCUT2D eigenvalue weighted by atomic mass is 19.1. The molecule has 2 amide bonds. The molecule has 1 aromatic carbocycles. The van der Waals surface area contributed by atoms with Crippen molar-refractivity contribution in [3.05, 3.63) is 35.1 Å². The molecule has 1 saturated carbocycles. The zero-order valence-electron chi connectivity index (χ0n) is 10.8. The van der Waals surface area contributed by atoms with E-state index in [1.54, 1.807) is 13.0 Å². The van der Waals surface area contributed by atoms with Gasteiger partial charge in [0.05, 0.1) is 5.56 Å². The third kappa shape index (κ3) is 4.05. The van der Waals surface area contributed by atoms with Crippen LogP contribution in [0.2, 0.25) is 0 Å². The van der Waals surface area contributed by atoms with E-state index in [0.29, 0.717) is 6.04 Å². The van der Waals surface area contributed by atoms with Crippen LogP contribution in [0.1, 0.15) is 35.2 Å². The lowest BCUT2D eigenvalue weighted by molar-refractivity contribution is -0.121. The molecule has 0 atom stereocenters. The third-order valence-electron chi connectivity index (χ3n) is 2.95. The van der Waals surface area contributed by atoms with Crippen molar-refractivity contribution in [1.29, 1.82) is 0 Å². The molecule has 19 heavy (non-hydrogen) atoms. The Morgan fingerprint density at radius 1 is 1.37 bits per heavy atom. The summed E-state index contributed by atoms with van der Waals surface area (Å²) in [6, 6.07) is 4.69. The van der Waals surface area contributed by atoms with Crippen LogP contribution in [0.15, 0.2) is 18.2 Å². The Balaban J connectivity index is 1.80. The molecule has 1 aliphatic carbocycles. The molecule has 0 aliphatic heterocycles. The highest BCUT2D eigenvalue weighted by Gasteiger charge is 2.22. The zero-order chi connectivity index (χ0) is 13.8. The first-order valence-electron chi connectivity index (χ1n) is 6.40. The van der Waals surface area contributed by atoms with E-state index in [0.717, 1.165) is 18.4 Å². The molecule has 0 bridgehead atoms. The van der Waals surface area contributed by atoms with E-state index in [1.807, 2.05) is 0 Å². The number of amides is 2. The monoisotopic (exact) mass is 264 g/mol. The van der Waals surface area contributed by atoms with Crippen molar-refractivity contribution in [1.82, 2.24) is 10.6 Å². The molecular weight excluding hydrogens is 247 g/mol. The van der Waals surface area contributed by atoms with Crippen LogP contribution in [0, 0.1) is 12.7 Å². The molecule has 0 radical (unpaired) electrons. The van der Waals surface area contributed by atoms with Gasteiger partial charge < -0.3 is 10.6 Å². The number of carbonyl (C=O) groups is 2. The Morgan fingerprint density at radius 3 is 2.79 bits per heavy atom. The Bertz CT molecular complexity index is 498. The molecule has 5 heteroatoms. The van der Waals surface area contributed by atoms with Crippen LogP contribution < -0.4 is 10.6 Å². The second kappa shape index (κ2) is 5.82. The van der Waals surface area contributed by atoms with E-state index in [4.69, 9.17) is 0 Å². The summed E-state index contributed by atoms with van der Waals surface area (Å²) >= 11 is 0. The van der Waals surface area contributed by atoms with Crippen molar-refractivity contribution in [2.75, 3.05) is 6.54 Å². The van der Waals surface area contributed by atoms with Crippen molar-refractivity contribution < 1.29 is 14.0 Å². The molecule has 1 aromatic rings. The van der Waals surface area contributed by atoms with Gasteiger partial charge in [0.15, 0.2) is 0 Å². The first-order valence-corrected chi connectivity index (χ1v) is 6.40. The highest BCUT2D eigenvalue weighted by molar-refractivity contribution is 5.94. The van der Waals surface area contributed by atoms with Crippen molar-refractivity contribution in [2.24, 2.45) is 0 Å². The van der Waals surface area contributed by atoms with Gasteiger partial charge in [0.2, 0.25) is 5.91 Å². The summed E-state index contributed by atoms with van der Waals surface area (Å²) < 4.78 is 13.4. The van der Waals surface area contributed by atoms with Crippen molar-refractivity contribution in [3.63, 3.8) is 0 Å². The van der Waals surface area contributed by atoms with Gasteiger partial charge in [-0.15, -0.1) is 0 Å². The second-order valence-corrected chi connectivity index (χ2v) is 4.83. The molecule has 0 unspecified atom stereocenters. The van der Waals surface area contributed by atoms with Gasteiger partial charge in [-0.25, -0.2) is 4.39 Å². The Morgan fingerprint density at radius 2 is 2.11 bits per heavy atom. The molecule has 2 N–H and O–H groups in total. The molecule has 0 heterocycles. The summed E-state index contributed by atoms with van der Waals surface area (Å²) in [5.41, 5.74) is 0.834. The van der Waals surface area contributed by atoms with E-state index in [9.17, 15) is 14.0 Å². The fraction of sp³-hybridized carbons (Fsp3) is 0.429. The molecule has 1 aliphatic rings. The average Bonchev–Trinajstić information content (AvgIpc) is 3.16. The van der Waals surface area contributed by atoms with Crippen molar-refractivity contribution >= 4 is 11.8 Å². The summed E-state index contributed by atoms with van der Waals surface area (Å²) in [6.45, 7) is 2.00. The molecule has 0 aromatic heterocycles. The van der Waals surface area contributed by atoms with Crippen LogP contribution in [-0.2, 0) is 4.79 Å². The largest absolute Gasteiger partial charge is 0.353 e. The molecule has 2 rings (SSSR count). The standard InChI is InChI=1S/C14H17FN2O2/c1-9-2-5-12(15)11(8-9)14(19)16-7-6-13(18)17-10-3-4-10/h2,5,8,10H,3-4,6-7H2,1H3,(H,16,19)(H,17,18). The summed E-state index contributed by atoms with van der Waals surface area (Å²) in [5.74, 6) is -1.11. The van der Waals surface area contributed by atoms with Crippen LogP contribution in [0.3, 0.4) is 0 Å². The maximum absolute atomic E-state index is 13.4. The SMILES string of the molecule is Cc1ccc(F)c(C(=O)NCCC(=O)NC2CC2)c1. The van der Waals surface area contributed by atoms with Crippen LogP contribution in [0.25, 0.3) is 0 Å². The van der Waals surface area contributed by atoms with E-state index < -0.39 is 11.7 Å². The fourth-order valence-electron chi connectivity index (χ4n) is 1.73. The smallest absolute Gasteiger partial charge is 0.254 e. The average molecular weight is 264 g/mol. The highest BCUT2D eigenvalue weighted by Crippen LogP contribution is 2.18. The first-order chi connectivity index (χ1) is 9.06. The lowest BCUT2D eigenvalue weighted by Crippen LogP contribution is -2.32. The third-order valence-corrected chi connectivity index (χ3v) is 2.95. The maximum Gasteiger partial charge on any atom is 0.254 e. The topological polar surface area (TPSA) is 58.2 Å². The zero-order valence-corrected chi connectivity index (χ0v) is 10.8. The first kappa shape index (κ1) is 13.5. The van der Waals surface area contributed by atoms with Gasteiger partial charge in [0.1, 0.15) is 5.82 Å². The van der Waals surface area contributed by atoms with Gasteiger partial charge in [0.25, 0.3) is 5.91 Å². The van der Waals surface area contributed by atoms with Gasteiger partial charge in [-0.05, 0) is 31.9 Å². The molecule has 1 fully saturated rings. The van der Waals surface area contributed by atoms with Crippen molar-refractivity contribution in [3.8, 4) is 0 Å². The summed E-state index contributed by atoms with van der Waals surface area (Å²) in [7, 11) is 0. The lowest BCUT2D eigenvalue weighted by Gasteiger charge is -2.07. The number of rotatable bonds is 5. The second-order valence-electron chi connectivity index (χ2n) is 4.83. The molecular formula is C14H17FN2O2. The van der Waals surface area contributed by atoms with E-state index in [1.165, 1.54) is 12.1 Å².